The van der Waals surface area contributed by atoms with E-state index in [-0.39, 0.29) is 0 Å². The summed E-state index contributed by atoms with van der Waals surface area (Å²) in [5.41, 5.74) is -0.724. The zero-order valence-electron chi connectivity index (χ0n) is 7.33. The molecule has 13 heavy (non-hydrogen) atoms. The highest BCUT2D eigenvalue weighted by atomic mass is 19.1. The highest BCUT2D eigenvalue weighted by molar-refractivity contribution is 5.11. The van der Waals surface area contributed by atoms with Crippen LogP contribution in [-0.2, 0) is 5.67 Å². The molecule has 4 heteroatoms. The molecule has 0 aromatic carbocycles. The summed E-state index contributed by atoms with van der Waals surface area (Å²) in [6.07, 6.45) is 4.00. The van der Waals surface area contributed by atoms with Crippen molar-refractivity contribution in [2.45, 2.75) is 18.5 Å². The molecule has 1 aliphatic rings. The van der Waals surface area contributed by atoms with E-state index in [1.165, 1.54) is 6.33 Å². The Balaban J connectivity index is 2.23. The monoisotopic (exact) mass is 181 g/mol. The van der Waals surface area contributed by atoms with Gasteiger partial charge in [-0.15, -0.1) is 0 Å². The Hall–Kier alpha value is -1.03. The van der Waals surface area contributed by atoms with Gasteiger partial charge in [0.05, 0.1) is 5.69 Å². The average Bonchev–Trinajstić information content (AvgIpc) is 2.20. The van der Waals surface area contributed by atoms with Crippen LogP contribution in [0.5, 0.6) is 0 Å². The van der Waals surface area contributed by atoms with Crippen LogP contribution in [0.1, 0.15) is 18.5 Å². The maximum atomic E-state index is 14.2. The standard InChI is InChI=1S/C9H12FN3/c10-9(2-5-11-6-3-9)8-1-4-12-7-13-8/h1,4,7,11H,2-3,5-6H2. The van der Waals surface area contributed by atoms with Gasteiger partial charge < -0.3 is 5.32 Å². The average molecular weight is 181 g/mol. The van der Waals surface area contributed by atoms with Crippen LogP contribution in [0.2, 0.25) is 0 Å². The van der Waals surface area contributed by atoms with Crippen molar-refractivity contribution >= 4 is 0 Å². The molecule has 0 saturated carbocycles. The molecule has 0 aliphatic carbocycles. The predicted molar refractivity (Wildman–Crippen MR) is 46.9 cm³/mol. The summed E-state index contributed by atoms with van der Waals surface area (Å²) in [7, 11) is 0. The number of aromatic nitrogens is 2. The lowest BCUT2D eigenvalue weighted by atomic mass is 9.91. The van der Waals surface area contributed by atoms with Crippen LogP contribution in [0.3, 0.4) is 0 Å². The molecular weight excluding hydrogens is 169 g/mol. The quantitative estimate of drug-likeness (QED) is 0.703. The molecule has 0 spiro atoms. The second-order valence-electron chi connectivity index (χ2n) is 3.31. The Kier molecular flexibility index (Phi) is 2.22. The minimum absolute atomic E-state index is 0.504. The Bertz CT molecular complexity index is 269. The number of hydrogen-bond acceptors (Lipinski definition) is 3. The van der Waals surface area contributed by atoms with Gasteiger partial charge in [-0.25, -0.2) is 14.4 Å². The van der Waals surface area contributed by atoms with Gasteiger partial charge in [0, 0.05) is 6.20 Å². The van der Waals surface area contributed by atoms with Gasteiger partial charge in [-0.3, -0.25) is 0 Å². The van der Waals surface area contributed by atoms with Gasteiger partial charge in [-0.1, -0.05) is 0 Å². The molecule has 0 unspecified atom stereocenters. The van der Waals surface area contributed by atoms with Crippen molar-refractivity contribution in [3.63, 3.8) is 0 Å². The van der Waals surface area contributed by atoms with Crippen LogP contribution in [0.4, 0.5) is 4.39 Å². The van der Waals surface area contributed by atoms with Gasteiger partial charge in [0.15, 0.2) is 5.67 Å². The molecule has 1 aliphatic heterocycles. The van der Waals surface area contributed by atoms with E-state index in [1.807, 2.05) is 0 Å². The van der Waals surface area contributed by atoms with Crippen molar-refractivity contribution in [3.8, 4) is 0 Å². The van der Waals surface area contributed by atoms with E-state index < -0.39 is 5.67 Å². The van der Waals surface area contributed by atoms with E-state index in [0.29, 0.717) is 18.5 Å². The lowest BCUT2D eigenvalue weighted by molar-refractivity contribution is 0.110. The Morgan fingerprint density at radius 1 is 1.38 bits per heavy atom. The summed E-state index contributed by atoms with van der Waals surface area (Å²) in [5, 5.41) is 3.13. The molecule has 70 valence electrons. The largest absolute Gasteiger partial charge is 0.316 e. The highest BCUT2D eigenvalue weighted by Crippen LogP contribution is 2.32. The SMILES string of the molecule is FC1(c2ccncn2)CCNCC1. The zero-order valence-corrected chi connectivity index (χ0v) is 7.33. The van der Waals surface area contributed by atoms with Gasteiger partial charge in [0.1, 0.15) is 6.33 Å². The number of piperidine rings is 1. The number of hydrogen-bond donors (Lipinski definition) is 1. The molecule has 1 saturated heterocycles. The number of rotatable bonds is 1. The fourth-order valence-corrected chi connectivity index (χ4v) is 1.63. The summed E-state index contributed by atoms with van der Waals surface area (Å²) in [6.45, 7) is 1.45. The minimum atomic E-state index is -1.24. The van der Waals surface area contributed by atoms with E-state index in [2.05, 4.69) is 15.3 Å². The summed E-state index contributed by atoms with van der Waals surface area (Å²) in [6, 6.07) is 1.66. The fourth-order valence-electron chi connectivity index (χ4n) is 1.63. The second kappa shape index (κ2) is 3.38. The maximum Gasteiger partial charge on any atom is 0.155 e. The van der Waals surface area contributed by atoms with Gasteiger partial charge in [-0.05, 0) is 32.0 Å². The van der Waals surface area contributed by atoms with E-state index in [0.717, 1.165) is 13.1 Å². The van der Waals surface area contributed by atoms with Gasteiger partial charge >= 0.3 is 0 Å². The molecule has 1 fully saturated rings. The summed E-state index contributed by atoms with van der Waals surface area (Å²) in [4.78, 5) is 7.74. The lowest BCUT2D eigenvalue weighted by Gasteiger charge is -2.29. The van der Waals surface area contributed by atoms with Crippen molar-refractivity contribution in [2.75, 3.05) is 13.1 Å². The molecule has 0 radical (unpaired) electrons. The fraction of sp³-hybridized carbons (Fsp3) is 0.556. The molecule has 0 atom stereocenters. The summed E-state index contributed by atoms with van der Waals surface area (Å²) >= 11 is 0. The summed E-state index contributed by atoms with van der Waals surface area (Å²) < 4.78 is 14.2. The molecule has 2 rings (SSSR count). The Morgan fingerprint density at radius 2 is 2.15 bits per heavy atom. The smallest absolute Gasteiger partial charge is 0.155 e. The first-order chi connectivity index (χ1) is 6.31. The van der Waals surface area contributed by atoms with E-state index >= 15 is 0 Å². The molecule has 0 amide bonds. The van der Waals surface area contributed by atoms with Crippen LogP contribution >= 0.6 is 0 Å². The number of alkyl halides is 1. The number of nitrogens with one attached hydrogen (secondary N) is 1. The molecule has 2 heterocycles. The third-order valence-corrected chi connectivity index (χ3v) is 2.44. The van der Waals surface area contributed by atoms with Crippen molar-refractivity contribution in [2.24, 2.45) is 0 Å². The van der Waals surface area contributed by atoms with Crippen LogP contribution in [0, 0.1) is 0 Å². The molecule has 1 N–H and O–H groups in total. The van der Waals surface area contributed by atoms with Gasteiger partial charge in [0.2, 0.25) is 0 Å². The van der Waals surface area contributed by atoms with Crippen LogP contribution in [0.25, 0.3) is 0 Å². The number of nitrogens with zero attached hydrogens (tertiary/aromatic N) is 2. The third-order valence-electron chi connectivity index (χ3n) is 2.44. The maximum absolute atomic E-state index is 14.2. The molecule has 1 aromatic rings. The van der Waals surface area contributed by atoms with Crippen molar-refractivity contribution in [3.05, 3.63) is 24.3 Å². The molecule has 0 bridgehead atoms. The third kappa shape index (κ3) is 1.67. The highest BCUT2D eigenvalue weighted by Gasteiger charge is 2.34. The van der Waals surface area contributed by atoms with Crippen molar-refractivity contribution in [1.82, 2.24) is 15.3 Å². The molecule has 1 aromatic heterocycles. The first kappa shape index (κ1) is 8.56. The van der Waals surface area contributed by atoms with Crippen molar-refractivity contribution < 1.29 is 4.39 Å². The van der Waals surface area contributed by atoms with Crippen LogP contribution < -0.4 is 5.32 Å². The number of halogens is 1. The normalized spacial score (nSPS) is 21.3. The van der Waals surface area contributed by atoms with E-state index in [4.69, 9.17) is 0 Å². The predicted octanol–water partition coefficient (Wildman–Crippen LogP) is 1.02. The van der Waals surface area contributed by atoms with Crippen LogP contribution in [-0.4, -0.2) is 23.1 Å². The minimum Gasteiger partial charge on any atom is -0.316 e. The van der Waals surface area contributed by atoms with Gasteiger partial charge in [-0.2, -0.15) is 0 Å². The molecular formula is C9H12FN3. The first-order valence-electron chi connectivity index (χ1n) is 4.47. The van der Waals surface area contributed by atoms with Gasteiger partial charge in [0.25, 0.3) is 0 Å². The molecule has 3 nitrogen and oxygen atoms in total. The Morgan fingerprint density at radius 3 is 2.77 bits per heavy atom. The first-order valence-corrected chi connectivity index (χ1v) is 4.47. The topological polar surface area (TPSA) is 37.8 Å². The zero-order chi connectivity index (χ0) is 9.15. The van der Waals surface area contributed by atoms with Crippen molar-refractivity contribution in [1.29, 1.82) is 0 Å². The van der Waals surface area contributed by atoms with Crippen LogP contribution in [0.15, 0.2) is 18.6 Å². The van der Waals surface area contributed by atoms with E-state index in [9.17, 15) is 4.39 Å². The summed E-state index contributed by atoms with van der Waals surface area (Å²) in [5.74, 6) is 0. The Labute approximate surface area is 76.4 Å². The second-order valence-corrected chi connectivity index (χ2v) is 3.31. The lowest BCUT2D eigenvalue weighted by Crippen LogP contribution is -2.37. The van der Waals surface area contributed by atoms with E-state index in [1.54, 1.807) is 12.3 Å².